The number of rotatable bonds is 15. The van der Waals surface area contributed by atoms with Gasteiger partial charge >= 0.3 is 0 Å². The Morgan fingerprint density at radius 2 is 0.468 bits per heavy atom. The molecular weight excluding hydrogens is 1530 g/mol. The summed E-state index contributed by atoms with van der Waals surface area (Å²) in [5, 5.41) is 7.25. The molecule has 0 aliphatic heterocycles. The van der Waals surface area contributed by atoms with E-state index in [1.165, 1.54) is 55.1 Å². The van der Waals surface area contributed by atoms with E-state index in [4.69, 9.17) is 36.8 Å². The number of benzene rings is 16. The van der Waals surface area contributed by atoms with E-state index in [1.807, 2.05) is 134 Å². The van der Waals surface area contributed by atoms with Gasteiger partial charge in [0.1, 0.15) is 0 Å². The summed E-state index contributed by atoms with van der Waals surface area (Å²) in [5.41, 5.74) is 30.6. The van der Waals surface area contributed by atoms with E-state index in [-0.39, 0.29) is 23.5 Å². The highest BCUT2D eigenvalue weighted by Crippen LogP contribution is 2.50. The van der Waals surface area contributed by atoms with Gasteiger partial charge in [0.15, 0.2) is 17.5 Å². The van der Waals surface area contributed by atoms with Crippen molar-refractivity contribution in [3.63, 3.8) is 0 Å². The van der Waals surface area contributed by atoms with Gasteiger partial charge in [-0.2, -0.15) is 0 Å². The van der Waals surface area contributed by atoms with Gasteiger partial charge < -0.3 is 0 Å². The molecule has 0 spiro atoms. The molecule has 0 saturated carbocycles. The van der Waals surface area contributed by atoms with Crippen LogP contribution >= 0.6 is 0 Å². The topological polar surface area (TPSA) is 116 Å². The molecule has 23 rings (SSSR count). The van der Waals surface area contributed by atoms with E-state index < -0.39 is 18.1 Å². The molecule has 0 radical (unpaired) electrons. The summed E-state index contributed by atoms with van der Waals surface area (Å²) in [4.78, 5) is 43.0. The Morgan fingerprint density at radius 1 is 0.167 bits per heavy atom. The van der Waals surface area contributed by atoms with Crippen molar-refractivity contribution in [1.29, 1.82) is 0 Å². The van der Waals surface area contributed by atoms with Crippen LogP contribution in [0.15, 0.2) is 468 Å². The summed E-state index contributed by atoms with van der Waals surface area (Å²) in [6.45, 7) is 0. The Bertz CT molecular complexity index is 7900. The lowest BCUT2D eigenvalue weighted by Gasteiger charge is -2.13. The van der Waals surface area contributed by atoms with Crippen LogP contribution < -0.4 is 0 Å². The number of aromatic nitrogens is 9. The van der Waals surface area contributed by atoms with Crippen LogP contribution in [0, 0.1) is 0 Å². The quantitative estimate of drug-likeness (QED) is 0.0989. The minimum Gasteiger partial charge on any atom is -0.264 e. The highest BCUT2D eigenvalue weighted by Gasteiger charge is 2.25. The first-order valence-corrected chi connectivity index (χ1v) is 41.8. The molecule has 9 nitrogen and oxygen atoms in total. The summed E-state index contributed by atoms with van der Waals surface area (Å²) in [7, 11) is 0. The lowest BCUT2D eigenvalue weighted by atomic mass is 9.97. The van der Waals surface area contributed by atoms with Crippen LogP contribution in [-0.2, 0) is 0 Å². The number of nitrogens with zero attached hydrogens (tertiary/aromatic N) is 9. The molecule has 0 saturated heterocycles. The number of pyridine rings is 3. The first-order chi connectivity index (χ1) is 64.5. The molecule has 1 aliphatic carbocycles. The van der Waals surface area contributed by atoms with Crippen LogP contribution in [0.4, 0.5) is 0 Å². The summed E-state index contributed by atoms with van der Waals surface area (Å²) < 4.78 is 41.7. The fourth-order valence-corrected chi connectivity index (χ4v) is 16.8. The first kappa shape index (κ1) is 70.8. The molecule has 126 heavy (non-hydrogen) atoms. The van der Waals surface area contributed by atoms with Gasteiger partial charge in [-0.05, 0) is 171 Å². The molecule has 0 fully saturated rings. The second-order valence-corrected chi connectivity index (χ2v) is 30.8. The zero-order chi connectivity index (χ0) is 88.3. The van der Waals surface area contributed by atoms with Crippen LogP contribution in [0.3, 0.4) is 0 Å². The highest BCUT2D eigenvalue weighted by atomic mass is 14.9. The maximum absolute atomic E-state index is 8.60. The molecular formula is C117H77N9. The number of hydrogen-bond acceptors (Lipinski definition) is 9. The second-order valence-electron chi connectivity index (χ2n) is 30.8. The van der Waals surface area contributed by atoms with Gasteiger partial charge in [-0.3, -0.25) is 15.0 Å². The smallest absolute Gasteiger partial charge is 0.161 e. The molecule has 590 valence electrons. The average Bonchev–Trinajstić information content (AvgIpc) is 1.58. The van der Waals surface area contributed by atoms with Crippen LogP contribution in [0.1, 0.15) is 6.85 Å². The normalized spacial score (nSPS) is 11.7. The third-order valence-corrected chi connectivity index (χ3v) is 23.0. The average molecular weight is 1610 g/mol. The summed E-state index contributed by atoms with van der Waals surface area (Å²) in [6.07, 6.45) is 10.9. The minimum atomic E-state index is -0.460. The summed E-state index contributed by atoms with van der Waals surface area (Å²) in [6, 6.07) is 136. The maximum atomic E-state index is 8.60. The van der Waals surface area contributed by atoms with Crippen LogP contribution in [0.5, 0.6) is 0 Å². The second kappa shape index (κ2) is 34.6. The van der Waals surface area contributed by atoms with Crippen molar-refractivity contribution in [2.24, 2.45) is 0 Å². The summed E-state index contributed by atoms with van der Waals surface area (Å²) in [5.74, 6) is 1.48. The van der Waals surface area contributed by atoms with Crippen LogP contribution in [-0.4, -0.2) is 44.9 Å². The van der Waals surface area contributed by atoms with E-state index in [0.29, 0.717) is 23.0 Å². The van der Waals surface area contributed by atoms with Crippen molar-refractivity contribution >= 4 is 32.3 Å². The Kier molecular flexibility index (Phi) is 19.4. The van der Waals surface area contributed by atoms with Gasteiger partial charge in [-0.1, -0.05) is 364 Å². The molecule has 0 N–H and O–H groups in total. The van der Waals surface area contributed by atoms with E-state index in [2.05, 4.69) is 294 Å². The van der Waals surface area contributed by atoms with Crippen LogP contribution in [0.25, 0.3) is 223 Å². The molecule has 0 unspecified atom stereocenters. The molecule has 0 atom stereocenters. The molecule has 0 amide bonds. The Labute approximate surface area is 738 Å². The fourth-order valence-electron chi connectivity index (χ4n) is 16.8. The Morgan fingerprint density at radius 3 is 0.913 bits per heavy atom. The van der Waals surface area contributed by atoms with E-state index >= 15 is 0 Å². The fraction of sp³-hybridized carbons (Fsp3) is 0. The lowest BCUT2D eigenvalue weighted by molar-refractivity contribution is 1.18. The van der Waals surface area contributed by atoms with Gasteiger partial charge in [0.2, 0.25) is 0 Å². The molecule has 16 aromatic carbocycles. The first-order valence-electron chi connectivity index (χ1n) is 44.3. The van der Waals surface area contributed by atoms with Crippen molar-refractivity contribution in [2.75, 3.05) is 0 Å². The maximum Gasteiger partial charge on any atom is 0.161 e. The molecule has 6 heterocycles. The van der Waals surface area contributed by atoms with Gasteiger partial charge in [0.05, 0.1) is 41.0 Å². The molecule has 6 aromatic heterocycles. The van der Waals surface area contributed by atoms with Crippen molar-refractivity contribution in [3.8, 4) is 191 Å². The van der Waals surface area contributed by atoms with Crippen molar-refractivity contribution < 1.29 is 6.85 Å². The Balaban J connectivity index is 0.000000119. The number of hydrogen-bond donors (Lipinski definition) is 0. The van der Waals surface area contributed by atoms with Gasteiger partial charge in [-0.15, -0.1) is 0 Å². The molecule has 9 heteroatoms. The summed E-state index contributed by atoms with van der Waals surface area (Å²) >= 11 is 0. The third kappa shape index (κ3) is 15.9. The van der Waals surface area contributed by atoms with E-state index in [0.717, 1.165) is 134 Å². The zero-order valence-corrected chi connectivity index (χ0v) is 68.1. The van der Waals surface area contributed by atoms with E-state index in [9.17, 15) is 0 Å². The van der Waals surface area contributed by atoms with Crippen LogP contribution in [0.2, 0.25) is 0 Å². The third-order valence-electron chi connectivity index (χ3n) is 23.0. The van der Waals surface area contributed by atoms with Gasteiger partial charge in [0, 0.05) is 104 Å². The predicted molar refractivity (Wildman–Crippen MR) is 518 cm³/mol. The molecule has 0 bridgehead atoms. The predicted octanol–water partition coefficient (Wildman–Crippen LogP) is 29.7. The largest absolute Gasteiger partial charge is 0.264 e. The van der Waals surface area contributed by atoms with Crippen molar-refractivity contribution in [3.05, 3.63) is 468 Å². The SMILES string of the molecule is [2H]c1c([2H])c([2H])c(-c2nc(-c3ccc(-c4cccc5ccccc45)cc3)cc(-c3cccc(-c4cccnc4)c3)n2)c([2H])c1[2H].c1ccc(-c2cccc(-c3cc(-c4cccc(-c5cccnc5)c4)nc(-c4ccc5c6c(cccc46)-c4ccccc4-5)n3)c2)cc1.c1ccc(-c2nc(-c3ccc(-c4cccc5ccccc45)cc3)cc(-c3cccc(-c4cccnc4)c3)n2)cc1. The molecule has 22 aromatic rings. The van der Waals surface area contributed by atoms with Gasteiger partial charge in [-0.25, -0.2) is 29.9 Å². The van der Waals surface area contributed by atoms with Gasteiger partial charge in [0.25, 0.3) is 0 Å². The minimum absolute atomic E-state index is 0.0418. The molecule has 1 aliphatic rings. The number of fused-ring (bicyclic) bond motifs is 5. The zero-order valence-electron chi connectivity index (χ0n) is 73.1. The van der Waals surface area contributed by atoms with Crippen molar-refractivity contribution in [1.82, 2.24) is 44.9 Å². The Hall–Kier alpha value is -17.0. The van der Waals surface area contributed by atoms with E-state index in [1.54, 1.807) is 24.8 Å². The highest BCUT2D eigenvalue weighted by molar-refractivity contribution is 6.18. The van der Waals surface area contributed by atoms with Crippen molar-refractivity contribution in [2.45, 2.75) is 0 Å². The monoisotopic (exact) mass is 1610 g/mol. The standard InChI is InChI=1S/C43H27N3.2C37H25N3/c1-2-10-28(11-3-1)29-12-6-14-31(24-29)40-26-41(32-15-7-13-30(25-32)33-16-9-23-44-27-33)46-43(45-40)39-22-21-38-35-18-5-4-17-34(35)36-19-8-20-37(39)42(36)38;2*1-2-10-29(11-3-1)37-39-35(24-36(40-37)31-14-6-13-30(23-31)32-15-8-22-38-25-32)28-20-18-27(19-21-28)34-17-7-12-26-9-4-5-16-33(26)34/h1-27H;2*1-25H/i;1D,2D,3D,10D,11D;. The lowest BCUT2D eigenvalue weighted by Crippen LogP contribution is -1.97.